The Hall–Kier alpha value is -1.12. The van der Waals surface area contributed by atoms with Gasteiger partial charge in [0.2, 0.25) is 0 Å². The third-order valence-corrected chi connectivity index (χ3v) is 9.07. The molecular formula is C24H36O3. The van der Waals surface area contributed by atoms with Gasteiger partial charge >= 0.3 is 5.97 Å². The molecule has 150 valence electrons. The summed E-state index contributed by atoms with van der Waals surface area (Å²) in [5.74, 6) is 2.44. The van der Waals surface area contributed by atoms with Crippen molar-refractivity contribution in [3.05, 3.63) is 11.6 Å². The molecule has 3 fully saturated rings. The topological polar surface area (TPSA) is 43.4 Å². The van der Waals surface area contributed by atoms with Crippen LogP contribution in [0, 0.1) is 34.5 Å². The Morgan fingerprint density at radius 3 is 2.63 bits per heavy atom. The molecule has 4 aliphatic rings. The highest BCUT2D eigenvalue weighted by Crippen LogP contribution is 2.64. The predicted octanol–water partition coefficient (Wildman–Crippen LogP) is 5.48. The Balaban J connectivity index is 1.51. The smallest absolute Gasteiger partial charge is 0.308 e. The summed E-state index contributed by atoms with van der Waals surface area (Å²) < 4.78 is 5.85. The SMILES string of the molecule is CCC(C)C(=O)OC1CCC2(C)C(=CCC3[C@@H]4CCC(=O)C4(C)CC[C@@H]32)C1. The van der Waals surface area contributed by atoms with Crippen molar-refractivity contribution in [1.82, 2.24) is 0 Å². The minimum absolute atomic E-state index is 0.000971. The Labute approximate surface area is 164 Å². The zero-order valence-electron chi connectivity index (χ0n) is 17.6. The van der Waals surface area contributed by atoms with Gasteiger partial charge in [-0.3, -0.25) is 9.59 Å². The first-order valence-corrected chi connectivity index (χ1v) is 11.2. The van der Waals surface area contributed by atoms with Crippen LogP contribution >= 0.6 is 0 Å². The van der Waals surface area contributed by atoms with Crippen molar-refractivity contribution in [3.8, 4) is 0 Å². The molecule has 0 aromatic heterocycles. The molecule has 0 heterocycles. The lowest BCUT2D eigenvalue weighted by Gasteiger charge is -2.56. The number of carbonyl (C=O) groups excluding carboxylic acids is 2. The molecule has 7 atom stereocenters. The summed E-state index contributed by atoms with van der Waals surface area (Å²) >= 11 is 0. The van der Waals surface area contributed by atoms with Crippen molar-refractivity contribution < 1.29 is 14.3 Å². The zero-order valence-corrected chi connectivity index (χ0v) is 17.6. The third kappa shape index (κ3) is 2.91. The molecule has 5 unspecified atom stereocenters. The van der Waals surface area contributed by atoms with E-state index in [4.69, 9.17) is 4.74 Å². The van der Waals surface area contributed by atoms with Crippen molar-refractivity contribution in [2.75, 3.05) is 0 Å². The number of hydrogen-bond donors (Lipinski definition) is 0. The Morgan fingerprint density at radius 2 is 1.89 bits per heavy atom. The van der Waals surface area contributed by atoms with Gasteiger partial charge < -0.3 is 4.74 Å². The van der Waals surface area contributed by atoms with Crippen LogP contribution in [-0.2, 0) is 14.3 Å². The minimum atomic E-state index is -0.0497. The van der Waals surface area contributed by atoms with Gasteiger partial charge in [-0.15, -0.1) is 0 Å². The Bertz CT molecular complexity index is 665. The van der Waals surface area contributed by atoms with E-state index in [1.807, 2.05) is 13.8 Å². The average Bonchev–Trinajstić information content (AvgIpc) is 2.96. The molecule has 4 aliphatic carbocycles. The van der Waals surface area contributed by atoms with Crippen LogP contribution < -0.4 is 0 Å². The van der Waals surface area contributed by atoms with Crippen LogP contribution in [0.15, 0.2) is 11.6 Å². The largest absolute Gasteiger partial charge is 0.462 e. The number of esters is 1. The van der Waals surface area contributed by atoms with Crippen LogP contribution in [0.3, 0.4) is 0 Å². The summed E-state index contributed by atoms with van der Waals surface area (Å²) in [5.41, 5.74) is 1.73. The van der Waals surface area contributed by atoms with E-state index in [2.05, 4.69) is 19.9 Å². The molecule has 0 radical (unpaired) electrons. The molecule has 0 spiro atoms. The first-order valence-electron chi connectivity index (χ1n) is 11.2. The van der Waals surface area contributed by atoms with Crippen molar-refractivity contribution in [3.63, 3.8) is 0 Å². The lowest BCUT2D eigenvalue weighted by molar-refractivity contribution is -0.155. The molecule has 3 nitrogen and oxygen atoms in total. The predicted molar refractivity (Wildman–Crippen MR) is 106 cm³/mol. The highest BCUT2D eigenvalue weighted by Gasteiger charge is 2.58. The van der Waals surface area contributed by atoms with E-state index in [-0.39, 0.29) is 28.8 Å². The van der Waals surface area contributed by atoms with E-state index in [9.17, 15) is 9.59 Å². The van der Waals surface area contributed by atoms with Gasteiger partial charge in [0, 0.05) is 18.3 Å². The van der Waals surface area contributed by atoms with E-state index in [0.717, 1.165) is 51.4 Å². The molecule has 3 heteroatoms. The maximum atomic E-state index is 12.5. The lowest BCUT2D eigenvalue weighted by Crippen LogP contribution is -2.50. The Kier molecular flexibility index (Phi) is 4.79. The van der Waals surface area contributed by atoms with Crippen molar-refractivity contribution >= 4 is 11.8 Å². The second-order valence-electron chi connectivity index (χ2n) is 10.3. The van der Waals surface area contributed by atoms with Crippen molar-refractivity contribution in [2.24, 2.45) is 34.5 Å². The number of carbonyl (C=O) groups is 2. The molecule has 3 saturated carbocycles. The van der Waals surface area contributed by atoms with Crippen molar-refractivity contribution in [2.45, 2.75) is 91.6 Å². The summed E-state index contributed by atoms with van der Waals surface area (Å²) in [4.78, 5) is 24.8. The molecule has 0 aromatic rings. The fraction of sp³-hybridized carbons (Fsp3) is 0.833. The first-order chi connectivity index (χ1) is 12.8. The maximum Gasteiger partial charge on any atom is 0.308 e. The number of rotatable bonds is 3. The molecule has 0 aromatic carbocycles. The summed E-state index contributed by atoms with van der Waals surface area (Å²) in [5, 5.41) is 0. The van der Waals surface area contributed by atoms with Gasteiger partial charge in [-0.05, 0) is 68.1 Å². The molecule has 0 saturated heterocycles. The van der Waals surface area contributed by atoms with E-state index in [1.54, 1.807) is 0 Å². The number of hydrogen-bond acceptors (Lipinski definition) is 3. The van der Waals surface area contributed by atoms with Crippen LogP contribution in [0.5, 0.6) is 0 Å². The van der Waals surface area contributed by atoms with E-state index < -0.39 is 0 Å². The number of ketones is 1. The van der Waals surface area contributed by atoms with Gasteiger partial charge in [0.15, 0.2) is 0 Å². The van der Waals surface area contributed by atoms with Gasteiger partial charge in [0.1, 0.15) is 11.9 Å². The quantitative estimate of drug-likeness (QED) is 0.487. The standard InChI is InChI=1S/C24H36O3/c1-5-15(2)22(26)27-17-10-12-23(3)16(14-17)6-7-18-19-8-9-21(25)24(19,4)13-11-20(18)23/h6,15,17-20H,5,7-14H2,1-4H3/t15?,17?,18?,19-,20-,23?,24?/m0/s1. The molecule has 0 aliphatic heterocycles. The van der Waals surface area contributed by atoms with Crippen LogP contribution in [0.1, 0.15) is 85.5 Å². The van der Waals surface area contributed by atoms with Crippen LogP contribution in [0.25, 0.3) is 0 Å². The minimum Gasteiger partial charge on any atom is -0.462 e. The highest BCUT2D eigenvalue weighted by molar-refractivity contribution is 5.87. The second-order valence-corrected chi connectivity index (χ2v) is 10.3. The molecule has 27 heavy (non-hydrogen) atoms. The molecule has 4 rings (SSSR count). The molecule has 0 bridgehead atoms. The summed E-state index contributed by atoms with van der Waals surface area (Å²) in [6.45, 7) is 8.71. The number of fused-ring (bicyclic) bond motifs is 5. The van der Waals surface area contributed by atoms with E-state index in [0.29, 0.717) is 23.5 Å². The summed E-state index contributed by atoms with van der Waals surface area (Å²) in [6.07, 6.45) is 11.7. The monoisotopic (exact) mass is 372 g/mol. The zero-order chi connectivity index (χ0) is 19.4. The summed E-state index contributed by atoms with van der Waals surface area (Å²) in [7, 11) is 0. The molecular weight excluding hydrogens is 336 g/mol. The first kappa shape index (κ1) is 19.2. The fourth-order valence-corrected chi connectivity index (χ4v) is 6.95. The van der Waals surface area contributed by atoms with Gasteiger partial charge in [-0.1, -0.05) is 39.3 Å². The average molecular weight is 373 g/mol. The Morgan fingerprint density at radius 1 is 1.19 bits per heavy atom. The van der Waals surface area contributed by atoms with Crippen LogP contribution in [-0.4, -0.2) is 17.9 Å². The number of ether oxygens (including phenoxy) is 1. The fourth-order valence-electron chi connectivity index (χ4n) is 6.95. The van der Waals surface area contributed by atoms with Crippen LogP contribution in [0.4, 0.5) is 0 Å². The van der Waals surface area contributed by atoms with Gasteiger partial charge in [0.25, 0.3) is 0 Å². The lowest BCUT2D eigenvalue weighted by atomic mass is 9.48. The van der Waals surface area contributed by atoms with Gasteiger partial charge in [-0.25, -0.2) is 0 Å². The maximum absolute atomic E-state index is 12.5. The summed E-state index contributed by atoms with van der Waals surface area (Å²) in [6, 6.07) is 0. The normalized spacial score (nSPS) is 44.6. The second kappa shape index (κ2) is 6.74. The molecule has 0 amide bonds. The number of Topliss-reactive ketones (excluding diaryl/α,β-unsaturated/α-hetero) is 1. The van der Waals surface area contributed by atoms with Crippen LogP contribution in [0.2, 0.25) is 0 Å². The van der Waals surface area contributed by atoms with Gasteiger partial charge in [-0.2, -0.15) is 0 Å². The van der Waals surface area contributed by atoms with Crippen molar-refractivity contribution in [1.29, 1.82) is 0 Å². The highest BCUT2D eigenvalue weighted by atomic mass is 16.5. The van der Waals surface area contributed by atoms with Gasteiger partial charge in [0.05, 0.1) is 5.92 Å². The van der Waals surface area contributed by atoms with E-state index >= 15 is 0 Å². The van der Waals surface area contributed by atoms with E-state index in [1.165, 1.54) is 12.0 Å². The number of allylic oxidation sites excluding steroid dienone is 1. The third-order valence-electron chi connectivity index (χ3n) is 9.07. The molecule has 0 N–H and O–H groups in total.